The van der Waals surface area contributed by atoms with Crippen molar-refractivity contribution in [2.45, 2.75) is 12.7 Å². The van der Waals surface area contributed by atoms with Crippen molar-refractivity contribution >= 4 is 17.7 Å². The molecule has 0 radical (unpaired) electrons. The van der Waals surface area contributed by atoms with Crippen LogP contribution in [-0.2, 0) is 5.75 Å². The molecule has 0 saturated heterocycles. The summed E-state index contributed by atoms with van der Waals surface area (Å²) in [5, 5.41) is 8.95. The van der Waals surface area contributed by atoms with Gasteiger partial charge < -0.3 is 5.11 Å². The molecule has 0 amide bonds. The first-order chi connectivity index (χ1) is 7.11. The maximum absolute atomic E-state index is 10.9. The molecule has 1 aromatic rings. The van der Waals surface area contributed by atoms with Gasteiger partial charge in [0.2, 0.25) is 0 Å². The Balaban J connectivity index is 2.67. The average molecular weight is 222 g/mol. The molecule has 15 heavy (non-hydrogen) atoms. The van der Waals surface area contributed by atoms with Crippen molar-refractivity contribution in [2.24, 2.45) is 0 Å². The van der Waals surface area contributed by atoms with Crippen LogP contribution in [0.1, 0.15) is 22.8 Å². The van der Waals surface area contributed by atoms with Gasteiger partial charge in [0.1, 0.15) is 0 Å². The number of aromatic carboxylic acids is 1. The van der Waals surface area contributed by atoms with Gasteiger partial charge in [-0.1, -0.05) is 30.4 Å². The monoisotopic (exact) mass is 222 g/mol. The first kappa shape index (κ1) is 11.9. The van der Waals surface area contributed by atoms with E-state index in [9.17, 15) is 4.79 Å². The lowest BCUT2D eigenvalue weighted by Gasteiger charge is -2.05. The molecule has 80 valence electrons. The highest BCUT2D eigenvalue weighted by Gasteiger charge is 2.08. The molecule has 3 heteroatoms. The number of carboxylic acids is 1. The third-order valence-electron chi connectivity index (χ3n) is 1.85. The molecule has 0 aliphatic carbocycles. The van der Waals surface area contributed by atoms with Gasteiger partial charge in [-0.25, -0.2) is 4.79 Å². The van der Waals surface area contributed by atoms with Crippen LogP contribution in [-0.4, -0.2) is 16.8 Å². The molecule has 2 nitrogen and oxygen atoms in total. The molecule has 0 unspecified atom stereocenters. The van der Waals surface area contributed by atoms with Crippen LogP contribution in [0.4, 0.5) is 0 Å². The summed E-state index contributed by atoms with van der Waals surface area (Å²) in [7, 11) is 0. The number of carbonyl (C=O) groups is 1. The van der Waals surface area contributed by atoms with Gasteiger partial charge in [-0.3, -0.25) is 0 Å². The summed E-state index contributed by atoms with van der Waals surface area (Å²) in [6.45, 7) is 5.78. The molecule has 0 fully saturated rings. The van der Waals surface area contributed by atoms with Gasteiger partial charge in [0.25, 0.3) is 0 Å². The van der Waals surface area contributed by atoms with Crippen LogP contribution in [0.25, 0.3) is 0 Å². The van der Waals surface area contributed by atoms with Crippen LogP contribution in [0.5, 0.6) is 0 Å². The normalized spacial score (nSPS) is 9.93. The van der Waals surface area contributed by atoms with E-state index < -0.39 is 5.97 Å². The fraction of sp³-hybridized carbons (Fsp3) is 0.250. The third-order valence-corrected chi connectivity index (χ3v) is 3.07. The van der Waals surface area contributed by atoms with Crippen LogP contribution in [0.15, 0.2) is 36.4 Å². The van der Waals surface area contributed by atoms with Crippen molar-refractivity contribution in [2.75, 3.05) is 5.75 Å². The number of thioether (sulfide) groups is 1. The number of rotatable bonds is 5. The number of carboxylic acid groups (broad SMARTS) is 1. The minimum Gasteiger partial charge on any atom is -0.478 e. The standard InChI is InChI=1S/C12H14O2S/c1-9(2)7-15-8-10-5-3-4-6-11(10)12(13)14/h3-6H,1,7-8H2,2H3,(H,13,14). The highest BCUT2D eigenvalue weighted by molar-refractivity contribution is 7.98. The van der Waals surface area contributed by atoms with Gasteiger partial charge in [0, 0.05) is 11.5 Å². The summed E-state index contributed by atoms with van der Waals surface area (Å²) in [6.07, 6.45) is 0. The van der Waals surface area contributed by atoms with Crippen molar-refractivity contribution < 1.29 is 9.90 Å². The van der Waals surface area contributed by atoms with E-state index in [4.69, 9.17) is 5.11 Å². The minimum absolute atomic E-state index is 0.395. The second-order valence-corrected chi connectivity index (χ2v) is 4.40. The number of hydrogen-bond donors (Lipinski definition) is 1. The van der Waals surface area contributed by atoms with Crippen molar-refractivity contribution in [3.05, 3.63) is 47.5 Å². The minimum atomic E-state index is -0.860. The van der Waals surface area contributed by atoms with Gasteiger partial charge in [-0.15, -0.1) is 0 Å². The fourth-order valence-electron chi connectivity index (χ4n) is 1.19. The second-order valence-electron chi connectivity index (χ2n) is 3.41. The van der Waals surface area contributed by atoms with E-state index in [1.165, 1.54) is 0 Å². The molecule has 0 bridgehead atoms. The van der Waals surface area contributed by atoms with E-state index >= 15 is 0 Å². The first-order valence-corrected chi connectivity index (χ1v) is 5.80. The second kappa shape index (κ2) is 5.61. The molecule has 0 aliphatic rings. The zero-order valence-electron chi connectivity index (χ0n) is 8.69. The smallest absolute Gasteiger partial charge is 0.335 e. The largest absolute Gasteiger partial charge is 0.478 e. The molecule has 0 atom stereocenters. The summed E-state index contributed by atoms with van der Waals surface area (Å²) in [5.41, 5.74) is 2.37. The molecule has 0 aromatic heterocycles. The van der Waals surface area contributed by atoms with Crippen molar-refractivity contribution in [3.8, 4) is 0 Å². The molecule has 0 spiro atoms. The van der Waals surface area contributed by atoms with Crippen LogP contribution in [0.2, 0.25) is 0 Å². The first-order valence-electron chi connectivity index (χ1n) is 4.64. The Morgan fingerprint density at radius 3 is 2.73 bits per heavy atom. The molecule has 0 heterocycles. The Kier molecular flexibility index (Phi) is 4.43. The number of hydrogen-bond acceptors (Lipinski definition) is 2. The molecular weight excluding hydrogens is 208 g/mol. The zero-order valence-corrected chi connectivity index (χ0v) is 9.51. The molecule has 0 aliphatic heterocycles. The molecule has 1 N–H and O–H groups in total. The van der Waals surface area contributed by atoms with E-state index in [1.54, 1.807) is 23.9 Å². The van der Waals surface area contributed by atoms with Crippen LogP contribution >= 0.6 is 11.8 Å². The maximum Gasteiger partial charge on any atom is 0.335 e. The molecule has 1 rings (SSSR count). The summed E-state index contributed by atoms with van der Waals surface area (Å²) in [5.74, 6) is 0.727. The summed E-state index contributed by atoms with van der Waals surface area (Å²) >= 11 is 1.68. The van der Waals surface area contributed by atoms with Crippen molar-refractivity contribution in [1.82, 2.24) is 0 Å². The van der Waals surface area contributed by atoms with Crippen LogP contribution in [0.3, 0.4) is 0 Å². The van der Waals surface area contributed by atoms with Gasteiger partial charge in [-0.2, -0.15) is 11.8 Å². The predicted octanol–water partition coefficient (Wildman–Crippen LogP) is 3.19. The zero-order chi connectivity index (χ0) is 11.3. The van der Waals surface area contributed by atoms with Crippen molar-refractivity contribution in [3.63, 3.8) is 0 Å². The van der Waals surface area contributed by atoms with E-state index in [-0.39, 0.29) is 0 Å². The lowest BCUT2D eigenvalue weighted by molar-refractivity contribution is 0.0696. The molecule has 0 saturated carbocycles. The summed E-state index contributed by atoms with van der Waals surface area (Å²) in [4.78, 5) is 10.9. The van der Waals surface area contributed by atoms with E-state index in [0.717, 1.165) is 22.6 Å². The summed E-state index contributed by atoms with van der Waals surface area (Å²) in [6, 6.07) is 7.10. The van der Waals surface area contributed by atoms with Gasteiger partial charge in [0.15, 0.2) is 0 Å². The average Bonchev–Trinajstić information content (AvgIpc) is 2.17. The van der Waals surface area contributed by atoms with E-state index in [0.29, 0.717) is 5.56 Å². The van der Waals surface area contributed by atoms with Crippen LogP contribution in [0, 0.1) is 0 Å². The Morgan fingerprint density at radius 2 is 2.13 bits per heavy atom. The molecular formula is C12H14O2S. The Hall–Kier alpha value is -1.22. The number of benzene rings is 1. The van der Waals surface area contributed by atoms with E-state index in [2.05, 4.69) is 6.58 Å². The lowest BCUT2D eigenvalue weighted by Crippen LogP contribution is -2.01. The quantitative estimate of drug-likeness (QED) is 0.777. The Morgan fingerprint density at radius 1 is 1.47 bits per heavy atom. The van der Waals surface area contributed by atoms with Gasteiger partial charge >= 0.3 is 5.97 Å². The highest BCUT2D eigenvalue weighted by atomic mass is 32.2. The lowest BCUT2D eigenvalue weighted by atomic mass is 10.1. The SMILES string of the molecule is C=C(C)CSCc1ccccc1C(=O)O. The van der Waals surface area contributed by atoms with Gasteiger partial charge in [-0.05, 0) is 18.6 Å². The Labute approximate surface area is 94.0 Å². The van der Waals surface area contributed by atoms with Crippen molar-refractivity contribution in [1.29, 1.82) is 0 Å². The van der Waals surface area contributed by atoms with Crippen LogP contribution < -0.4 is 0 Å². The Bertz CT molecular complexity index is 372. The third kappa shape index (κ3) is 3.80. The summed E-state index contributed by atoms with van der Waals surface area (Å²) < 4.78 is 0. The fourth-order valence-corrected chi connectivity index (χ4v) is 2.11. The topological polar surface area (TPSA) is 37.3 Å². The molecule has 1 aromatic carbocycles. The van der Waals surface area contributed by atoms with Gasteiger partial charge in [0.05, 0.1) is 5.56 Å². The van der Waals surface area contributed by atoms with E-state index in [1.807, 2.05) is 19.1 Å². The predicted molar refractivity (Wildman–Crippen MR) is 64.4 cm³/mol. The maximum atomic E-state index is 10.9. The highest BCUT2D eigenvalue weighted by Crippen LogP contribution is 2.18.